The second kappa shape index (κ2) is 7.71. The highest BCUT2D eigenvalue weighted by molar-refractivity contribution is 7.99. The first-order chi connectivity index (χ1) is 13.2. The average Bonchev–Trinajstić information content (AvgIpc) is 3.17. The number of carbonyl (C=O) groups is 1. The van der Waals surface area contributed by atoms with Gasteiger partial charge in [-0.3, -0.25) is 4.79 Å². The van der Waals surface area contributed by atoms with Crippen molar-refractivity contribution in [1.29, 1.82) is 0 Å². The number of nitrogens with zero attached hydrogens (tertiary/aromatic N) is 2. The summed E-state index contributed by atoms with van der Waals surface area (Å²) in [6, 6.07) is 15.0. The molecule has 1 aliphatic heterocycles. The number of amides is 1. The summed E-state index contributed by atoms with van der Waals surface area (Å²) in [7, 11) is 0. The Hall–Kier alpha value is -3.00. The van der Waals surface area contributed by atoms with Gasteiger partial charge >= 0.3 is 0 Å². The van der Waals surface area contributed by atoms with Gasteiger partial charge < -0.3 is 19.2 Å². The molecule has 27 heavy (non-hydrogen) atoms. The van der Waals surface area contributed by atoms with Gasteiger partial charge in [-0.05, 0) is 31.2 Å². The minimum Gasteiger partial charge on any atom is -0.485 e. The molecule has 0 unspecified atom stereocenters. The van der Waals surface area contributed by atoms with Crippen molar-refractivity contribution >= 4 is 23.4 Å². The van der Waals surface area contributed by atoms with E-state index < -0.39 is 6.10 Å². The summed E-state index contributed by atoms with van der Waals surface area (Å²) in [5.74, 6) is 1.68. The fourth-order valence-electron chi connectivity index (χ4n) is 2.51. The van der Waals surface area contributed by atoms with Crippen LogP contribution in [0.1, 0.15) is 17.6 Å². The predicted octanol–water partition coefficient (Wildman–Crippen LogP) is 3.62. The van der Waals surface area contributed by atoms with Crippen molar-refractivity contribution in [2.75, 3.05) is 17.7 Å². The van der Waals surface area contributed by atoms with Crippen molar-refractivity contribution in [3.05, 3.63) is 60.0 Å². The summed E-state index contributed by atoms with van der Waals surface area (Å²) in [6.07, 6.45) is -0.469. The molecule has 1 aliphatic rings. The molecule has 0 aliphatic carbocycles. The van der Waals surface area contributed by atoms with E-state index in [4.69, 9.17) is 13.9 Å². The second-order valence-corrected chi connectivity index (χ2v) is 6.90. The molecule has 2 heterocycles. The first-order valence-corrected chi connectivity index (χ1v) is 9.37. The second-order valence-electron chi connectivity index (χ2n) is 5.97. The number of anilines is 1. The molecule has 1 aromatic heterocycles. The van der Waals surface area contributed by atoms with Crippen LogP contribution in [0.15, 0.2) is 58.2 Å². The van der Waals surface area contributed by atoms with Crippen molar-refractivity contribution in [3.63, 3.8) is 0 Å². The van der Waals surface area contributed by atoms with Crippen LogP contribution in [0, 0.1) is 6.92 Å². The van der Waals surface area contributed by atoms with Gasteiger partial charge in [0.25, 0.3) is 11.1 Å². The molecule has 7 nitrogen and oxygen atoms in total. The van der Waals surface area contributed by atoms with Gasteiger partial charge in [0.1, 0.15) is 6.61 Å². The van der Waals surface area contributed by atoms with Gasteiger partial charge in [0.15, 0.2) is 11.5 Å². The third-order valence-electron chi connectivity index (χ3n) is 3.87. The Bertz CT molecular complexity index is 942. The SMILES string of the molecule is Cc1ccc(NC(=O)CSc2nnc([C@H]3COc4ccccc4O3)o2)cc1. The maximum Gasteiger partial charge on any atom is 0.277 e. The lowest BCUT2D eigenvalue weighted by Crippen LogP contribution is -2.21. The number of rotatable bonds is 5. The molecule has 0 saturated heterocycles. The Labute approximate surface area is 160 Å². The van der Waals surface area contributed by atoms with Gasteiger partial charge in [0.05, 0.1) is 5.75 Å². The third kappa shape index (κ3) is 4.22. The van der Waals surface area contributed by atoms with Crippen LogP contribution in [0.25, 0.3) is 0 Å². The van der Waals surface area contributed by atoms with E-state index in [1.54, 1.807) is 0 Å². The Morgan fingerprint density at radius 1 is 1.15 bits per heavy atom. The fourth-order valence-corrected chi connectivity index (χ4v) is 3.08. The van der Waals surface area contributed by atoms with E-state index in [1.165, 1.54) is 11.8 Å². The van der Waals surface area contributed by atoms with E-state index in [9.17, 15) is 4.79 Å². The molecule has 4 rings (SSSR count). The molecule has 1 N–H and O–H groups in total. The minimum atomic E-state index is -0.469. The Morgan fingerprint density at radius 3 is 2.74 bits per heavy atom. The number of ether oxygens (including phenoxy) is 2. The third-order valence-corrected chi connectivity index (χ3v) is 4.69. The molecule has 0 saturated carbocycles. The van der Waals surface area contributed by atoms with Crippen LogP contribution in [0.5, 0.6) is 11.5 Å². The quantitative estimate of drug-likeness (QED) is 0.673. The van der Waals surface area contributed by atoms with Crippen molar-refractivity contribution in [3.8, 4) is 11.5 Å². The van der Waals surface area contributed by atoms with Gasteiger partial charge in [-0.25, -0.2) is 0 Å². The number of thioether (sulfide) groups is 1. The van der Waals surface area contributed by atoms with Gasteiger partial charge in [-0.2, -0.15) is 0 Å². The van der Waals surface area contributed by atoms with Gasteiger partial charge in [-0.1, -0.05) is 41.6 Å². The molecule has 0 fully saturated rings. The molecule has 138 valence electrons. The summed E-state index contributed by atoms with van der Waals surface area (Å²) < 4.78 is 17.1. The van der Waals surface area contributed by atoms with Crippen LogP contribution in [-0.2, 0) is 4.79 Å². The van der Waals surface area contributed by atoms with Crippen LogP contribution in [0.3, 0.4) is 0 Å². The zero-order valence-corrected chi connectivity index (χ0v) is 15.4. The van der Waals surface area contributed by atoms with Crippen LogP contribution < -0.4 is 14.8 Å². The number of hydrogen-bond donors (Lipinski definition) is 1. The smallest absolute Gasteiger partial charge is 0.277 e. The molecule has 0 spiro atoms. The first-order valence-electron chi connectivity index (χ1n) is 8.38. The lowest BCUT2D eigenvalue weighted by atomic mass is 10.2. The summed E-state index contributed by atoms with van der Waals surface area (Å²) in [5.41, 5.74) is 1.89. The summed E-state index contributed by atoms with van der Waals surface area (Å²) in [5, 5.41) is 11.1. The van der Waals surface area contributed by atoms with Gasteiger partial charge in [0.2, 0.25) is 12.0 Å². The molecular weight excluding hydrogens is 366 g/mol. The van der Waals surface area contributed by atoms with E-state index >= 15 is 0 Å². The normalized spacial score (nSPS) is 15.4. The molecule has 8 heteroatoms. The minimum absolute atomic E-state index is 0.144. The molecule has 3 aromatic rings. The largest absolute Gasteiger partial charge is 0.485 e. The van der Waals surface area contributed by atoms with E-state index in [0.29, 0.717) is 22.6 Å². The van der Waals surface area contributed by atoms with Crippen molar-refractivity contribution in [2.45, 2.75) is 18.3 Å². The number of hydrogen-bond acceptors (Lipinski definition) is 7. The number of nitrogens with one attached hydrogen (secondary N) is 1. The maximum absolute atomic E-state index is 12.0. The average molecular weight is 383 g/mol. The highest BCUT2D eigenvalue weighted by Gasteiger charge is 2.27. The monoisotopic (exact) mass is 383 g/mol. The van der Waals surface area contributed by atoms with Crippen LogP contribution in [0.2, 0.25) is 0 Å². The number of aromatic nitrogens is 2. The maximum atomic E-state index is 12.0. The predicted molar refractivity (Wildman–Crippen MR) is 100 cm³/mol. The van der Waals surface area contributed by atoms with Crippen LogP contribution in [-0.4, -0.2) is 28.5 Å². The Kier molecular flexibility index (Phi) is 4.97. The summed E-state index contributed by atoms with van der Waals surface area (Å²) in [6.45, 7) is 2.28. The van der Waals surface area contributed by atoms with Crippen LogP contribution in [0.4, 0.5) is 5.69 Å². The highest BCUT2D eigenvalue weighted by Crippen LogP contribution is 2.35. The number of para-hydroxylation sites is 2. The molecular formula is C19H17N3O4S. The summed E-state index contributed by atoms with van der Waals surface area (Å²) in [4.78, 5) is 12.0. The standard InChI is InChI=1S/C19H17N3O4S/c1-12-6-8-13(9-7-12)20-17(23)11-27-19-22-21-18(26-19)16-10-24-14-4-2-3-5-15(14)25-16/h2-9,16H,10-11H2,1H3,(H,20,23)/t16-/m1/s1. The molecule has 1 atom stereocenters. The zero-order valence-electron chi connectivity index (χ0n) is 14.5. The Morgan fingerprint density at radius 2 is 1.93 bits per heavy atom. The van der Waals surface area contributed by atoms with Gasteiger partial charge in [-0.15, -0.1) is 10.2 Å². The topological polar surface area (TPSA) is 86.5 Å². The number of carbonyl (C=O) groups excluding carboxylic acids is 1. The van der Waals surface area contributed by atoms with Gasteiger partial charge in [0, 0.05) is 5.69 Å². The Balaban J connectivity index is 1.32. The van der Waals surface area contributed by atoms with Crippen molar-refractivity contribution < 1.29 is 18.7 Å². The highest BCUT2D eigenvalue weighted by atomic mass is 32.2. The van der Waals surface area contributed by atoms with Crippen molar-refractivity contribution in [1.82, 2.24) is 10.2 Å². The van der Waals surface area contributed by atoms with Crippen LogP contribution >= 0.6 is 11.8 Å². The molecule has 0 bridgehead atoms. The number of aryl methyl sites for hydroxylation is 1. The lowest BCUT2D eigenvalue weighted by Gasteiger charge is -2.23. The lowest BCUT2D eigenvalue weighted by molar-refractivity contribution is -0.113. The first kappa shape index (κ1) is 17.4. The molecule has 0 radical (unpaired) electrons. The van der Waals surface area contributed by atoms with E-state index in [2.05, 4.69) is 15.5 Å². The fraction of sp³-hybridized carbons (Fsp3) is 0.211. The summed E-state index contributed by atoms with van der Waals surface area (Å²) >= 11 is 1.17. The zero-order chi connectivity index (χ0) is 18.6. The van der Waals surface area contributed by atoms with E-state index in [1.807, 2.05) is 55.5 Å². The number of fused-ring (bicyclic) bond motifs is 1. The molecule has 1 amide bonds. The van der Waals surface area contributed by atoms with E-state index in [-0.39, 0.29) is 18.3 Å². The number of benzene rings is 2. The molecule has 2 aromatic carbocycles. The van der Waals surface area contributed by atoms with Crippen molar-refractivity contribution in [2.24, 2.45) is 0 Å². The van der Waals surface area contributed by atoms with E-state index in [0.717, 1.165) is 11.3 Å².